The van der Waals surface area contributed by atoms with Gasteiger partial charge < -0.3 is 9.88 Å². The van der Waals surface area contributed by atoms with Gasteiger partial charge in [-0.2, -0.15) is 0 Å². The number of carbonyl (C=O) groups is 1. The van der Waals surface area contributed by atoms with Crippen LogP contribution in [0.4, 0.5) is 10.7 Å². The topological polar surface area (TPSA) is 46.4 Å². The number of carbonyl (C=O) groups excluding carboxylic acids is 1. The van der Waals surface area contributed by atoms with Crippen LogP contribution >= 0.6 is 11.3 Å². The molecule has 1 aliphatic rings. The molecule has 40 heavy (non-hydrogen) atoms. The average molecular weight is 540 g/mol. The van der Waals surface area contributed by atoms with Crippen LogP contribution in [0, 0.1) is 0 Å². The molecule has 2 aromatic heterocycles. The summed E-state index contributed by atoms with van der Waals surface area (Å²) < 4.78 is 2.31. The van der Waals surface area contributed by atoms with Crippen LogP contribution in [-0.4, -0.2) is 16.7 Å². The van der Waals surface area contributed by atoms with E-state index in [4.69, 9.17) is 4.99 Å². The van der Waals surface area contributed by atoms with Crippen LogP contribution in [0.15, 0.2) is 108 Å². The fourth-order valence-corrected chi connectivity index (χ4v) is 7.07. The molecule has 4 aromatic carbocycles. The second kappa shape index (κ2) is 10.6. The number of para-hydroxylation sites is 2. The Morgan fingerprint density at radius 3 is 2.50 bits per heavy atom. The normalized spacial score (nSPS) is 13.2. The molecule has 0 unspecified atom stereocenters. The zero-order valence-corrected chi connectivity index (χ0v) is 23.0. The van der Waals surface area contributed by atoms with Crippen molar-refractivity contribution in [1.82, 2.24) is 4.57 Å². The van der Waals surface area contributed by atoms with E-state index in [2.05, 4.69) is 82.8 Å². The van der Waals surface area contributed by atoms with Crippen LogP contribution < -0.4 is 5.32 Å². The first-order chi connectivity index (χ1) is 19.7. The summed E-state index contributed by atoms with van der Waals surface area (Å²) in [6.45, 7) is 0.772. The van der Waals surface area contributed by atoms with Gasteiger partial charge >= 0.3 is 0 Å². The van der Waals surface area contributed by atoms with Gasteiger partial charge in [0.25, 0.3) is 5.91 Å². The third-order valence-electron chi connectivity index (χ3n) is 7.77. The van der Waals surface area contributed by atoms with E-state index < -0.39 is 0 Å². The maximum atomic E-state index is 13.5. The van der Waals surface area contributed by atoms with Gasteiger partial charge in [0.1, 0.15) is 5.00 Å². The highest BCUT2D eigenvalue weighted by Crippen LogP contribution is 2.40. The van der Waals surface area contributed by atoms with Crippen LogP contribution in [0.3, 0.4) is 0 Å². The van der Waals surface area contributed by atoms with Crippen molar-refractivity contribution in [1.29, 1.82) is 0 Å². The molecule has 4 nitrogen and oxygen atoms in total. The summed E-state index contributed by atoms with van der Waals surface area (Å²) in [4.78, 5) is 19.8. The van der Waals surface area contributed by atoms with Gasteiger partial charge in [0.2, 0.25) is 0 Å². The Balaban J connectivity index is 1.26. The Hall–Kier alpha value is -4.48. The number of rotatable bonds is 6. The van der Waals surface area contributed by atoms with E-state index in [0.29, 0.717) is 0 Å². The van der Waals surface area contributed by atoms with Gasteiger partial charge in [0.15, 0.2) is 0 Å². The van der Waals surface area contributed by atoms with E-state index in [-0.39, 0.29) is 5.91 Å². The van der Waals surface area contributed by atoms with Crippen molar-refractivity contribution >= 4 is 55.8 Å². The molecule has 0 spiro atoms. The monoisotopic (exact) mass is 539 g/mol. The van der Waals surface area contributed by atoms with E-state index in [1.165, 1.54) is 32.3 Å². The molecule has 7 rings (SSSR count). The quantitative estimate of drug-likeness (QED) is 0.211. The smallest absolute Gasteiger partial charge is 0.259 e. The number of fused-ring (bicyclic) bond motifs is 3. The largest absolute Gasteiger partial charge is 0.342 e. The lowest BCUT2D eigenvalue weighted by Crippen LogP contribution is -2.14. The Morgan fingerprint density at radius 2 is 1.60 bits per heavy atom. The molecule has 0 radical (unpaired) electrons. The van der Waals surface area contributed by atoms with Gasteiger partial charge in [-0.15, -0.1) is 11.3 Å². The number of nitrogens with zero attached hydrogens (tertiary/aromatic N) is 2. The Kier molecular flexibility index (Phi) is 6.50. The summed E-state index contributed by atoms with van der Waals surface area (Å²) in [5.41, 5.74) is 6.22. The minimum Gasteiger partial charge on any atom is -0.342 e. The SMILES string of the molecule is O=C(Nc1ccccc1)c1c(/N=C/c2cn(Cc3cccc4ccccc34)c3ccccc23)sc2c1CCCC2. The first-order valence-corrected chi connectivity index (χ1v) is 14.7. The lowest BCUT2D eigenvalue weighted by Gasteiger charge is -2.12. The van der Waals surface area contributed by atoms with Crippen molar-refractivity contribution in [3.63, 3.8) is 0 Å². The van der Waals surface area contributed by atoms with Crippen LogP contribution in [0.5, 0.6) is 0 Å². The Morgan fingerprint density at radius 1 is 0.850 bits per heavy atom. The zero-order valence-electron chi connectivity index (χ0n) is 22.1. The maximum absolute atomic E-state index is 13.5. The number of nitrogens with one attached hydrogen (secondary N) is 1. The first kappa shape index (κ1) is 24.6. The summed E-state index contributed by atoms with van der Waals surface area (Å²) in [5, 5.41) is 7.58. The van der Waals surface area contributed by atoms with E-state index in [9.17, 15) is 4.79 Å². The standard InChI is InChI=1S/C35H29N3OS/c39-34(37-27-14-2-1-3-15-27)33-30-18-7-9-20-32(30)40-35(33)36-21-26-23-38(31-19-8-6-17-29(26)31)22-25-13-10-12-24-11-4-5-16-28(24)25/h1-6,8,10-17,19,21,23H,7,9,18,20,22H2,(H,37,39)/b36-21+. The number of anilines is 1. The summed E-state index contributed by atoms with van der Waals surface area (Å²) >= 11 is 1.67. The van der Waals surface area contributed by atoms with Crippen molar-refractivity contribution in [2.75, 3.05) is 5.32 Å². The number of thiophene rings is 1. The molecule has 0 saturated heterocycles. The fourth-order valence-electron chi connectivity index (χ4n) is 5.84. The molecule has 0 bridgehead atoms. The van der Waals surface area contributed by atoms with E-state index in [0.717, 1.165) is 59.4 Å². The predicted octanol–water partition coefficient (Wildman–Crippen LogP) is 8.79. The highest BCUT2D eigenvalue weighted by Gasteiger charge is 2.25. The van der Waals surface area contributed by atoms with Gasteiger partial charge in [-0.3, -0.25) is 4.79 Å². The van der Waals surface area contributed by atoms with E-state index >= 15 is 0 Å². The second-order valence-corrected chi connectivity index (χ2v) is 11.4. The molecule has 1 amide bonds. The number of hydrogen-bond donors (Lipinski definition) is 1. The third kappa shape index (κ3) is 4.63. The second-order valence-electron chi connectivity index (χ2n) is 10.3. The molecule has 0 fully saturated rings. The van der Waals surface area contributed by atoms with Crippen molar-refractivity contribution in [3.8, 4) is 0 Å². The van der Waals surface area contributed by atoms with Crippen molar-refractivity contribution in [2.45, 2.75) is 32.2 Å². The lowest BCUT2D eigenvalue weighted by molar-refractivity contribution is 0.102. The minimum atomic E-state index is -0.0730. The molecular weight excluding hydrogens is 510 g/mol. The molecule has 1 N–H and O–H groups in total. The minimum absolute atomic E-state index is 0.0730. The van der Waals surface area contributed by atoms with Crippen LogP contribution in [0.25, 0.3) is 21.7 Å². The number of amides is 1. The molecule has 0 saturated carbocycles. The Bertz CT molecular complexity index is 1870. The van der Waals surface area contributed by atoms with Crippen LogP contribution in [0.2, 0.25) is 0 Å². The zero-order chi connectivity index (χ0) is 26.9. The lowest BCUT2D eigenvalue weighted by atomic mass is 9.95. The average Bonchev–Trinajstić information content (AvgIpc) is 3.55. The number of aromatic nitrogens is 1. The van der Waals surface area contributed by atoms with E-state index in [1.54, 1.807) is 11.3 Å². The molecule has 5 heteroatoms. The fraction of sp³-hybridized carbons (Fsp3) is 0.143. The van der Waals surface area contributed by atoms with Crippen molar-refractivity contribution in [2.24, 2.45) is 4.99 Å². The van der Waals surface area contributed by atoms with Crippen molar-refractivity contribution in [3.05, 3.63) is 130 Å². The van der Waals surface area contributed by atoms with Gasteiger partial charge in [-0.25, -0.2) is 4.99 Å². The predicted molar refractivity (Wildman–Crippen MR) is 168 cm³/mol. The Labute approximate surface area is 237 Å². The number of aliphatic imine (C=N–C) groups is 1. The first-order valence-electron chi connectivity index (χ1n) is 13.8. The summed E-state index contributed by atoms with van der Waals surface area (Å²) in [5.74, 6) is -0.0730. The molecule has 2 heterocycles. The van der Waals surface area contributed by atoms with Crippen LogP contribution in [-0.2, 0) is 19.4 Å². The molecule has 0 atom stereocenters. The molecule has 1 aliphatic carbocycles. The number of aryl methyl sites for hydroxylation is 1. The van der Waals surface area contributed by atoms with Gasteiger partial charge in [-0.1, -0.05) is 78.9 Å². The highest BCUT2D eigenvalue weighted by atomic mass is 32.1. The van der Waals surface area contributed by atoms with Crippen LogP contribution in [0.1, 0.15) is 44.8 Å². The summed E-state index contributed by atoms with van der Waals surface area (Å²) in [6, 6.07) is 33.2. The summed E-state index contributed by atoms with van der Waals surface area (Å²) in [6.07, 6.45) is 8.36. The molecule has 6 aromatic rings. The molecular formula is C35H29N3OS. The molecule has 196 valence electrons. The molecule has 0 aliphatic heterocycles. The summed E-state index contributed by atoms with van der Waals surface area (Å²) in [7, 11) is 0. The maximum Gasteiger partial charge on any atom is 0.259 e. The third-order valence-corrected chi connectivity index (χ3v) is 8.97. The van der Waals surface area contributed by atoms with E-state index in [1.807, 2.05) is 36.5 Å². The van der Waals surface area contributed by atoms with Gasteiger partial charge in [-0.05, 0) is 65.8 Å². The highest BCUT2D eigenvalue weighted by molar-refractivity contribution is 7.16. The number of hydrogen-bond acceptors (Lipinski definition) is 3. The van der Waals surface area contributed by atoms with Gasteiger partial charge in [0.05, 0.1) is 5.56 Å². The number of benzene rings is 4. The van der Waals surface area contributed by atoms with Crippen molar-refractivity contribution < 1.29 is 4.79 Å². The van der Waals surface area contributed by atoms with Gasteiger partial charge in [0, 0.05) is 46.0 Å².